The first-order valence-electron chi connectivity index (χ1n) is 3.91. The van der Waals surface area contributed by atoms with Crippen LogP contribution in [0.5, 0.6) is 0 Å². The van der Waals surface area contributed by atoms with Crippen LogP contribution in [0.25, 0.3) is 0 Å². The van der Waals surface area contributed by atoms with Crippen LogP contribution in [0.3, 0.4) is 0 Å². The van der Waals surface area contributed by atoms with Crippen LogP contribution in [-0.4, -0.2) is 28.1 Å². The number of rotatable bonds is 6. The van der Waals surface area contributed by atoms with Crippen molar-refractivity contribution in [3.63, 3.8) is 0 Å². The van der Waals surface area contributed by atoms with Gasteiger partial charge in [0.05, 0.1) is 0 Å². The molecule has 0 spiro atoms. The molecule has 0 fully saturated rings. The fraction of sp³-hybridized carbons (Fsp3) is 1.00. The molecule has 2 nitrogen and oxygen atoms in total. The summed E-state index contributed by atoms with van der Waals surface area (Å²) >= 11 is 3.40. The number of hydrogen-bond donors (Lipinski definition) is 0. The molecule has 0 N–H and O–H groups in total. The molecule has 0 heterocycles. The van der Waals surface area contributed by atoms with Crippen LogP contribution in [-0.2, 0) is 8.85 Å². The van der Waals surface area contributed by atoms with Gasteiger partial charge in [0.15, 0.2) is 0 Å². The minimum atomic E-state index is -1.77. The Kier molecular flexibility index (Phi) is 6.51. The first kappa shape index (κ1) is 11.6. The van der Waals surface area contributed by atoms with E-state index in [1.54, 1.807) is 14.2 Å². The van der Waals surface area contributed by atoms with Crippen LogP contribution in [0, 0.1) is 0 Å². The third-order valence-corrected chi connectivity index (χ3v) is 6.22. The predicted octanol–water partition coefficient (Wildman–Crippen LogP) is 2.53. The van der Waals surface area contributed by atoms with E-state index < -0.39 is 8.56 Å². The molecule has 11 heavy (non-hydrogen) atoms. The van der Waals surface area contributed by atoms with Crippen molar-refractivity contribution in [3.05, 3.63) is 0 Å². The summed E-state index contributed by atoms with van der Waals surface area (Å²) in [6.07, 6.45) is 1.14. The molecule has 0 saturated heterocycles. The first-order valence-corrected chi connectivity index (χ1v) is 7.26. The van der Waals surface area contributed by atoms with Crippen LogP contribution >= 0.6 is 15.9 Å². The molecule has 0 unspecified atom stereocenters. The zero-order valence-electron chi connectivity index (χ0n) is 7.52. The molecule has 68 valence electrons. The average molecular weight is 241 g/mol. The van der Waals surface area contributed by atoms with Crippen LogP contribution in [0.15, 0.2) is 0 Å². The third-order valence-electron chi connectivity index (χ3n) is 1.97. The molecule has 0 saturated carbocycles. The van der Waals surface area contributed by atoms with E-state index in [0.29, 0.717) is 0 Å². The second kappa shape index (κ2) is 6.17. The van der Waals surface area contributed by atoms with Crippen LogP contribution < -0.4 is 0 Å². The van der Waals surface area contributed by atoms with E-state index in [1.807, 2.05) is 0 Å². The maximum atomic E-state index is 5.43. The number of hydrogen-bond acceptors (Lipinski definition) is 2. The van der Waals surface area contributed by atoms with E-state index in [1.165, 1.54) is 0 Å². The van der Waals surface area contributed by atoms with Crippen molar-refractivity contribution in [2.75, 3.05) is 19.5 Å². The van der Waals surface area contributed by atoms with E-state index in [-0.39, 0.29) is 0 Å². The Hall–Kier alpha value is 0.617. The summed E-state index contributed by atoms with van der Waals surface area (Å²) in [4.78, 5) is 0. The first-order chi connectivity index (χ1) is 5.24. The predicted molar refractivity (Wildman–Crippen MR) is 53.5 cm³/mol. The molecule has 0 rings (SSSR count). The monoisotopic (exact) mass is 240 g/mol. The zero-order chi connectivity index (χ0) is 8.74. The van der Waals surface area contributed by atoms with Gasteiger partial charge in [-0.1, -0.05) is 22.9 Å². The Morgan fingerprint density at radius 3 is 2.09 bits per heavy atom. The highest BCUT2D eigenvalue weighted by Gasteiger charge is 2.31. The maximum absolute atomic E-state index is 5.43. The van der Waals surface area contributed by atoms with Gasteiger partial charge in [-0.3, -0.25) is 0 Å². The van der Waals surface area contributed by atoms with Crippen molar-refractivity contribution >= 4 is 24.5 Å². The van der Waals surface area contributed by atoms with Gasteiger partial charge in [-0.2, -0.15) is 0 Å². The Morgan fingerprint density at radius 2 is 1.82 bits per heavy atom. The molecule has 0 amide bonds. The molecule has 0 radical (unpaired) electrons. The van der Waals surface area contributed by atoms with Crippen molar-refractivity contribution < 1.29 is 8.85 Å². The molecule has 0 aliphatic heterocycles. The lowest BCUT2D eigenvalue weighted by Gasteiger charge is -2.25. The van der Waals surface area contributed by atoms with E-state index in [4.69, 9.17) is 8.85 Å². The maximum Gasteiger partial charge on any atom is 0.337 e. The third kappa shape index (κ3) is 3.69. The van der Waals surface area contributed by atoms with E-state index >= 15 is 0 Å². The number of alkyl halides is 1. The summed E-state index contributed by atoms with van der Waals surface area (Å²) in [6.45, 7) is 2.13. The van der Waals surface area contributed by atoms with E-state index in [0.717, 1.165) is 23.8 Å². The van der Waals surface area contributed by atoms with Crippen molar-refractivity contribution in [1.29, 1.82) is 0 Å². The molecule has 4 heteroatoms. The Balaban J connectivity index is 3.84. The molecule has 0 aliphatic carbocycles. The lowest BCUT2D eigenvalue weighted by Crippen LogP contribution is -2.38. The fourth-order valence-electron chi connectivity index (χ4n) is 1.09. The highest BCUT2D eigenvalue weighted by Crippen LogP contribution is 2.19. The van der Waals surface area contributed by atoms with Crippen LogP contribution in [0.2, 0.25) is 12.1 Å². The molecular formula is C7H17BrO2Si. The van der Waals surface area contributed by atoms with Crippen molar-refractivity contribution in [2.45, 2.75) is 25.4 Å². The quantitative estimate of drug-likeness (QED) is 0.525. The molecule has 0 bridgehead atoms. The largest absolute Gasteiger partial charge is 0.398 e. The van der Waals surface area contributed by atoms with Crippen molar-refractivity contribution in [3.8, 4) is 0 Å². The fourth-order valence-corrected chi connectivity index (χ4v) is 4.11. The summed E-state index contributed by atoms with van der Waals surface area (Å²) in [7, 11) is 1.75. The van der Waals surface area contributed by atoms with Gasteiger partial charge in [-0.05, 0) is 18.5 Å². The van der Waals surface area contributed by atoms with Gasteiger partial charge in [0.2, 0.25) is 0 Å². The topological polar surface area (TPSA) is 18.5 Å². The molecule has 0 aromatic rings. The van der Waals surface area contributed by atoms with Gasteiger partial charge < -0.3 is 8.85 Å². The normalized spacial score (nSPS) is 12.0. The Labute approximate surface area is 78.7 Å². The van der Waals surface area contributed by atoms with Gasteiger partial charge in [-0.25, -0.2) is 0 Å². The second-order valence-electron chi connectivity index (χ2n) is 2.47. The highest BCUT2D eigenvalue weighted by atomic mass is 79.9. The highest BCUT2D eigenvalue weighted by molar-refractivity contribution is 9.09. The van der Waals surface area contributed by atoms with E-state index in [9.17, 15) is 0 Å². The minimum Gasteiger partial charge on any atom is -0.398 e. The Bertz CT molecular complexity index is 88.2. The average Bonchev–Trinajstić information content (AvgIpc) is 2.08. The van der Waals surface area contributed by atoms with Crippen molar-refractivity contribution in [1.82, 2.24) is 0 Å². The zero-order valence-corrected chi connectivity index (χ0v) is 10.1. The van der Waals surface area contributed by atoms with Gasteiger partial charge in [0.25, 0.3) is 0 Å². The Morgan fingerprint density at radius 1 is 1.27 bits per heavy atom. The molecule has 0 atom stereocenters. The summed E-state index contributed by atoms with van der Waals surface area (Å²) in [5, 5.41) is 1.04. The second-order valence-corrected chi connectivity index (χ2v) is 7.10. The van der Waals surface area contributed by atoms with Crippen molar-refractivity contribution in [2.24, 2.45) is 0 Å². The molecular weight excluding hydrogens is 224 g/mol. The van der Waals surface area contributed by atoms with E-state index in [2.05, 4.69) is 22.9 Å². The van der Waals surface area contributed by atoms with Crippen LogP contribution in [0.4, 0.5) is 0 Å². The van der Waals surface area contributed by atoms with Gasteiger partial charge in [-0.15, -0.1) is 0 Å². The summed E-state index contributed by atoms with van der Waals surface area (Å²) in [6, 6.07) is 2.12. The minimum absolute atomic E-state index is 1.03. The van der Waals surface area contributed by atoms with Gasteiger partial charge in [0, 0.05) is 19.5 Å². The lowest BCUT2D eigenvalue weighted by molar-refractivity contribution is 0.242. The van der Waals surface area contributed by atoms with Crippen LogP contribution in [0.1, 0.15) is 13.3 Å². The summed E-state index contributed by atoms with van der Waals surface area (Å²) < 4.78 is 10.9. The molecule has 0 aromatic heterocycles. The molecule has 0 aliphatic rings. The molecule has 0 aromatic carbocycles. The van der Waals surface area contributed by atoms with Gasteiger partial charge in [0.1, 0.15) is 0 Å². The standard InChI is InChI=1S/C7H17BrO2Si/c1-4-11(9-2,10-3)7-5-6-8/h4-7H2,1-3H3. The SMILES string of the molecule is CC[Si](CCCBr)(OC)OC. The summed E-state index contributed by atoms with van der Waals surface area (Å²) in [5.41, 5.74) is 0. The lowest BCUT2D eigenvalue weighted by atomic mass is 10.6. The smallest absolute Gasteiger partial charge is 0.337 e. The number of halogens is 1. The van der Waals surface area contributed by atoms with Gasteiger partial charge >= 0.3 is 8.56 Å². The summed E-state index contributed by atoms with van der Waals surface area (Å²) in [5.74, 6) is 0.